The van der Waals surface area contributed by atoms with E-state index < -0.39 is 8.56 Å². The summed E-state index contributed by atoms with van der Waals surface area (Å²) in [6.45, 7) is 4.53. The Balaban J connectivity index is 3.81. The van der Waals surface area contributed by atoms with Crippen LogP contribution in [0.4, 0.5) is 0 Å². The highest BCUT2D eigenvalue weighted by molar-refractivity contribution is 6.67. The lowest BCUT2D eigenvalue weighted by Crippen LogP contribution is -2.39. The molecule has 0 rings (SSSR count). The van der Waals surface area contributed by atoms with Crippen molar-refractivity contribution in [1.29, 1.82) is 0 Å². The maximum absolute atomic E-state index is 5.81. The van der Waals surface area contributed by atoms with Gasteiger partial charge in [0.05, 0.1) is 0 Å². The smallest absolute Gasteiger partial charge is 0.337 e. The van der Waals surface area contributed by atoms with Gasteiger partial charge >= 0.3 is 8.56 Å². The van der Waals surface area contributed by atoms with Gasteiger partial charge in [-0.2, -0.15) is 0 Å². The summed E-state index contributed by atoms with van der Waals surface area (Å²) in [5.74, 6) is 0. The monoisotopic (exact) mass is 288 g/mol. The Hall–Kier alpha value is 0.137. The molecule has 0 amide bonds. The average molecular weight is 289 g/mol. The van der Waals surface area contributed by atoms with Crippen LogP contribution in [0.3, 0.4) is 0 Å². The highest BCUT2D eigenvalue weighted by Crippen LogP contribution is 2.24. The van der Waals surface area contributed by atoms with Crippen LogP contribution in [0.25, 0.3) is 0 Å². The SMILES string of the molecule is CCCCCCCC[Si](CCCCCC)(OC)OC. The fourth-order valence-corrected chi connectivity index (χ4v) is 5.42. The molecule has 0 saturated carbocycles. The standard InChI is InChI=1S/C16H36O2Si/c1-5-7-9-11-12-14-16-19(17-3,18-4)15-13-10-8-6-2/h5-16H2,1-4H3. The van der Waals surface area contributed by atoms with E-state index in [-0.39, 0.29) is 0 Å². The first-order valence-electron chi connectivity index (χ1n) is 8.35. The molecule has 0 unspecified atom stereocenters. The molecule has 0 N–H and O–H groups in total. The van der Waals surface area contributed by atoms with E-state index in [4.69, 9.17) is 8.85 Å². The molecule has 0 aliphatic rings. The zero-order valence-electron chi connectivity index (χ0n) is 13.8. The van der Waals surface area contributed by atoms with Crippen molar-refractivity contribution in [3.63, 3.8) is 0 Å². The van der Waals surface area contributed by atoms with Gasteiger partial charge in [-0.3, -0.25) is 0 Å². The van der Waals surface area contributed by atoms with Gasteiger partial charge in [0.1, 0.15) is 0 Å². The summed E-state index contributed by atoms with van der Waals surface area (Å²) in [6.07, 6.45) is 13.3. The average Bonchev–Trinajstić information content (AvgIpc) is 2.45. The van der Waals surface area contributed by atoms with Gasteiger partial charge in [0.2, 0.25) is 0 Å². The molecular formula is C16H36O2Si. The number of hydrogen-bond donors (Lipinski definition) is 0. The predicted molar refractivity (Wildman–Crippen MR) is 86.9 cm³/mol. The maximum Gasteiger partial charge on any atom is 0.337 e. The number of unbranched alkanes of at least 4 members (excludes halogenated alkanes) is 8. The van der Waals surface area contributed by atoms with Crippen LogP contribution >= 0.6 is 0 Å². The van der Waals surface area contributed by atoms with Crippen LogP contribution in [0, 0.1) is 0 Å². The summed E-state index contributed by atoms with van der Waals surface area (Å²) < 4.78 is 11.6. The van der Waals surface area contributed by atoms with Crippen molar-refractivity contribution in [2.75, 3.05) is 14.2 Å². The molecule has 0 aliphatic carbocycles. The minimum absolute atomic E-state index is 1.18. The highest BCUT2D eigenvalue weighted by atomic mass is 28.4. The summed E-state index contributed by atoms with van der Waals surface area (Å²) in [4.78, 5) is 0. The molecule has 0 spiro atoms. The van der Waals surface area contributed by atoms with Crippen LogP contribution in [0.5, 0.6) is 0 Å². The Morgan fingerprint density at radius 2 is 0.947 bits per heavy atom. The van der Waals surface area contributed by atoms with Crippen LogP contribution in [0.1, 0.15) is 78.1 Å². The second-order valence-corrected chi connectivity index (χ2v) is 9.29. The van der Waals surface area contributed by atoms with Gasteiger partial charge in [0, 0.05) is 14.2 Å². The minimum Gasteiger partial charge on any atom is -0.398 e. The van der Waals surface area contributed by atoms with Crippen molar-refractivity contribution in [3.8, 4) is 0 Å². The van der Waals surface area contributed by atoms with Gasteiger partial charge in [-0.05, 0) is 12.1 Å². The minimum atomic E-state index is -1.86. The normalized spacial score (nSPS) is 12.0. The van der Waals surface area contributed by atoms with Gasteiger partial charge in [0.25, 0.3) is 0 Å². The van der Waals surface area contributed by atoms with E-state index in [0.717, 1.165) is 0 Å². The first-order valence-corrected chi connectivity index (χ1v) is 10.6. The van der Waals surface area contributed by atoms with Gasteiger partial charge < -0.3 is 8.85 Å². The summed E-state index contributed by atoms with van der Waals surface area (Å²) in [6, 6.07) is 2.35. The van der Waals surface area contributed by atoms with Crippen LogP contribution in [-0.4, -0.2) is 22.8 Å². The molecule has 3 heteroatoms. The van der Waals surface area contributed by atoms with Gasteiger partial charge in [0.15, 0.2) is 0 Å². The van der Waals surface area contributed by atoms with Crippen molar-refractivity contribution in [2.45, 2.75) is 90.1 Å². The zero-order chi connectivity index (χ0) is 14.4. The molecule has 0 fully saturated rings. The van der Waals surface area contributed by atoms with Crippen molar-refractivity contribution in [1.82, 2.24) is 0 Å². The van der Waals surface area contributed by atoms with Gasteiger partial charge in [-0.25, -0.2) is 0 Å². The molecule has 0 atom stereocenters. The molecule has 2 nitrogen and oxygen atoms in total. The predicted octanol–water partition coefficient (Wildman–Crippen LogP) is 5.66. The van der Waals surface area contributed by atoms with Crippen LogP contribution in [-0.2, 0) is 8.85 Å². The van der Waals surface area contributed by atoms with E-state index in [0.29, 0.717) is 0 Å². The molecule has 0 aromatic rings. The fourth-order valence-electron chi connectivity index (χ4n) is 2.61. The Morgan fingerprint density at radius 3 is 1.37 bits per heavy atom. The lowest BCUT2D eigenvalue weighted by atomic mass is 10.1. The van der Waals surface area contributed by atoms with E-state index in [2.05, 4.69) is 13.8 Å². The van der Waals surface area contributed by atoms with E-state index in [1.807, 2.05) is 14.2 Å². The second-order valence-electron chi connectivity index (χ2n) is 5.65. The summed E-state index contributed by atoms with van der Waals surface area (Å²) in [5.41, 5.74) is 0. The third-order valence-corrected chi connectivity index (χ3v) is 7.79. The largest absolute Gasteiger partial charge is 0.398 e. The quantitative estimate of drug-likeness (QED) is 0.303. The third kappa shape index (κ3) is 9.64. The van der Waals surface area contributed by atoms with E-state index in [1.165, 1.54) is 76.3 Å². The molecule has 116 valence electrons. The van der Waals surface area contributed by atoms with Crippen molar-refractivity contribution in [2.24, 2.45) is 0 Å². The first-order chi connectivity index (χ1) is 9.24. The van der Waals surface area contributed by atoms with Crippen molar-refractivity contribution in [3.05, 3.63) is 0 Å². The summed E-state index contributed by atoms with van der Waals surface area (Å²) in [5, 5.41) is 0. The molecular weight excluding hydrogens is 252 g/mol. The fraction of sp³-hybridized carbons (Fsp3) is 1.00. The van der Waals surface area contributed by atoms with Crippen LogP contribution in [0.2, 0.25) is 12.1 Å². The van der Waals surface area contributed by atoms with Crippen LogP contribution < -0.4 is 0 Å². The Labute approximate surface area is 122 Å². The molecule has 0 radical (unpaired) electrons. The Bertz CT molecular complexity index is 182. The molecule has 0 saturated heterocycles. The van der Waals surface area contributed by atoms with Crippen molar-refractivity contribution < 1.29 is 8.85 Å². The van der Waals surface area contributed by atoms with E-state index in [9.17, 15) is 0 Å². The Morgan fingerprint density at radius 1 is 0.579 bits per heavy atom. The summed E-state index contributed by atoms with van der Waals surface area (Å²) in [7, 11) is 1.85. The summed E-state index contributed by atoms with van der Waals surface area (Å²) >= 11 is 0. The molecule has 0 heterocycles. The Kier molecular flexibility index (Phi) is 13.2. The lowest BCUT2D eigenvalue weighted by molar-refractivity contribution is 0.238. The molecule has 0 aromatic heterocycles. The van der Waals surface area contributed by atoms with Gasteiger partial charge in [-0.15, -0.1) is 0 Å². The molecule has 0 aliphatic heterocycles. The van der Waals surface area contributed by atoms with E-state index in [1.54, 1.807) is 0 Å². The van der Waals surface area contributed by atoms with Gasteiger partial charge in [-0.1, -0.05) is 78.1 Å². The number of hydrogen-bond acceptors (Lipinski definition) is 2. The van der Waals surface area contributed by atoms with Crippen LogP contribution in [0.15, 0.2) is 0 Å². The zero-order valence-corrected chi connectivity index (χ0v) is 14.8. The third-order valence-electron chi connectivity index (χ3n) is 4.07. The molecule has 19 heavy (non-hydrogen) atoms. The maximum atomic E-state index is 5.81. The second kappa shape index (κ2) is 13.1. The number of rotatable bonds is 14. The first kappa shape index (κ1) is 19.1. The topological polar surface area (TPSA) is 18.5 Å². The van der Waals surface area contributed by atoms with E-state index >= 15 is 0 Å². The molecule has 0 bridgehead atoms. The van der Waals surface area contributed by atoms with Crippen molar-refractivity contribution >= 4 is 8.56 Å². The lowest BCUT2D eigenvalue weighted by Gasteiger charge is -2.27. The molecule has 0 aromatic carbocycles. The highest BCUT2D eigenvalue weighted by Gasteiger charge is 2.33.